The molecular weight excluding hydrogens is 490 g/mol. The van der Waals surface area contributed by atoms with Crippen LogP contribution in [0.25, 0.3) is 0 Å². The van der Waals surface area contributed by atoms with Gasteiger partial charge in [-0.05, 0) is 68.1 Å². The Morgan fingerprint density at radius 3 is 2.43 bits per heavy atom. The second kappa shape index (κ2) is 11.6. The molecule has 3 aromatic carbocycles. The van der Waals surface area contributed by atoms with E-state index in [1.165, 1.54) is 12.1 Å². The number of hydrogen-bond donors (Lipinski definition) is 2. The Morgan fingerprint density at radius 1 is 0.973 bits per heavy atom. The number of carbonyl (C=O) groups excluding carboxylic acids is 2. The van der Waals surface area contributed by atoms with Crippen molar-refractivity contribution in [2.24, 2.45) is 0 Å². The van der Waals surface area contributed by atoms with E-state index in [1.54, 1.807) is 54.6 Å². The van der Waals surface area contributed by atoms with Gasteiger partial charge in [-0.2, -0.15) is 0 Å². The highest BCUT2D eigenvalue weighted by Gasteiger charge is 2.29. The first-order valence-corrected chi connectivity index (χ1v) is 13.6. The molecule has 0 radical (unpaired) electrons. The summed E-state index contributed by atoms with van der Waals surface area (Å²) in [5.74, 6) is -0.908. The van der Waals surface area contributed by atoms with Gasteiger partial charge in [0.1, 0.15) is 6.54 Å². The number of benzene rings is 3. The second-order valence-corrected chi connectivity index (χ2v) is 10.8. The summed E-state index contributed by atoms with van der Waals surface area (Å²) in [5.41, 5.74) is 2.66. The minimum atomic E-state index is -4.05. The number of carbonyl (C=O) groups is 2. The molecule has 1 atom stereocenters. The molecule has 0 bridgehead atoms. The van der Waals surface area contributed by atoms with Gasteiger partial charge in [0.25, 0.3) is 15.9 Å². The van der Waals surface area contributed by atoms with Crippen LogP contribution in [0.2, 0.25) is 0 Å². The fourth-order valence-corrected chi connectivity index (χ4v) is 5.74. The van der Waals surface area contributed by atoms with Crippen LogP contribution in [0.4, 0.5) is 11.4 Å². The van der Waals surface area contributed by atoms with Crippen molar-refractivity contribution in [2.75, 3.05) is 29.3 Å². The van der Waals surface area contributed by atoms with E-state index in [2.05, 4.69) is 10.6 Å². The lowest BCUT2D eigenvalue weighted by molar-refractivity contribution is -0.114. The number of rotatable bonds is 9. The molecule has 0 aliphatic carbocycles. The van der Waals surface area contributed by atoms with Gasteiger partial charge in [-0.25, -0.2) is 8.42 Å². The molecule has 1 fully saturated rings. The maximum atomic E-state index is 13.6. The molecule has 1 aliphatic rings. The summed E-state index contributed by atoms with van der Waals surface area (Å²) in [7, 11) is -4.05. The molecular formula is C28H31N3O5S. The Bertz CT molecular complexity index is 1370. The first kappa shape index (κ1) is 26.4. The fourth-order valence-electron chi connectivity index (χ4n) is 4.24. The van der Waals surface area contributed by atoms with Gasteiger partial charge in [-0.15, -0.1) is 0 Å². The highest BCUT2D eigenvalue weighted by atomic mass is 32.2. The zero-order valence-electron chi connectivity index (χ0n) is 20.9. The Labute approximate surface area is 217 Å². The minimum Gasteiger partial charge on any atom is -0.376 e. The number of sulfonamides is 1. The maximum Gasteiger partial charge on any atom is 0.264 e. The average Bonchev–Trinajstić information content (AvgIpc) is 3.42. The van der Waals surface area contributed by atoms with Crippen LogP contribution in [-0.2, 0) is 19.6 Å². The van der Waals surface area contributed by atoms with Gasteiger partial charge in [0.05, 0.1) is 27.9 Å². The lowest BCUT2D eigenvalue weighted by Gasteiger charge is -2.26. The molecule has 37 heavy (non-hydrogen) atoms. The van der Waals surface area contributed by atoms with Gasteiger partial charge in [0.2, 0.25) is 5.91 Å². The summed E-state index contributed by atoms with van der Waals surface area (Å²) in [6.45, 7) is 4.32. The van der Waals surface area contributed by atoms with Crippen LogP contribution in [-0.4, -0.2) is 46.0 Å². The first-order valence-electron chi connectivity index (χ1n) is 12.2. The smallest absolute Gasteiger partial charge is 0.264 e. The van der Waals surface area contributed by atoms with Crippen LogP contribution in [0.3, 0.4) is 0 Å². The SMILES string of the molecule is Cc1cccc(N(CC(=O)Nc2ccccc2C(=O)NC[C@H]2CCCO2)S(=O)(=O)c2ccccc2)c1C. The average molecular weight is 522 g/mol. The molecule has 3 aromatic rings. The quantitative estimate of drug-likeness (QED) is 0.442. The predicted molar refractivity (Wildman–Crippen MR) is 143 cm³/mol. The Hall–Kier alpha value is -3.69. The van der Waals surface area contributed by atoms with Gasteiger partial charge in [-0.3, -0.25) is 13.9 Å². The van der Waals surface area contributed by atoms with Crippen LogP contribution in [0.5, 0.6) is 0 Å². The third-order valence-corrected chi connectivity index (χ3v) is 8.20. The van der Waals surface area contributed by atoms with E-state index >= 15 is 0 Å². The van der Waals surface area contributed by atoms with E-state index in [4.69, 9.17) is 4.74 Å². The topological polar surface area (TPSA) is 105 Å². The molecule has 9 heteroatoms. The Kier molecular flexibility index (Phi) is 8.25. The highest BCUT2D eigenvalue weighted by molar-refractivity contribution is 7.92. The lowest BCUT2D eigenvalue weighted by atomic mass is 10.1. The number of anilines is 2. The summed E-state index contributed by atoms with van der Waals surface area (Å²) in [4.78, 5) is 26.2. The van der Waals surface area contributed by atoms with E-state index in [0.717, 1.165) is 28.3 Å². The molecule has 194 valence electrons. The number of aryl methyl sites for hydroxylation is 1. The maximum absolute atomic E-state index is 13.6. The first-order chi connectivity index (χ1) is 17.8. The predicted octanol–water partition coefficient (Wildman–Crippen LogP) is 4.05. The van der Waals surface area contributed by atoms with E-state index < -0.39 is 22.5 Å². The third kappa shape index (κ3) is 6.18. The zero-order valence-corrected chi connectivity index (χ0v) is 21.8. The van der Waals surface area contributed by atoms with Crippen molar-refractivity contribution in [3.8, 4) is 0 Å². The number of amides is 2. The van der Waals surface area contributed by atoms with E-state index in [9.17, 15) is 18.0 Å². The fraction of sp³-hybridized carbons (Fsp3) is 0.286. The van der Waals surface area contributed by atoms with E-state index in [-0.39, 0.29) is 22.5 Å². The highest BCUT2D eigenvalue weighted by Crippen LogP contribution is 2.28. The van der Waals surface area contributed by atoms with Crippen LogP contribution in [0, 0.1) is 13.8 Å². The van der Waals surface area contributed by atoms with Gasteiger partial charge in [0, 0.05) is 13.2 Å². The molecule has 1 aliphatic heterocycles. The second-order valence-electron chi connectivity index (χ2n) is 8.98. The van der Waals surface area contributed by atoms with Gasteiger partial charge >= 0.3 is 0 Å². The number of ether oxygens (including phenoxy) is 1. The van der Waals surface area contributed by atoms with Crippen LogP contribution in [0.15, 0.2) is 77.7 Å². The number of hydrogen-bond acceptors (Lipinski definition) is 5. The molecule has 8 nitrogen and oxygen atoms in total. The largest absolute Gasteiger partial charge is 0.376 e. The van der Waals surface area contributed by atoms with E-state index in [1.807, 2.05) is 19.9 Å². The van der Waals surface area contributed by atoms with Gasteiger partial charge in [0.15, 0.2) is 0 Å². The lowest BCUT2D eigenvalue weighted by Crippen LogP contribution is -2.39. The van der Waals surface area contributed by atoms with Gasteiger partial charge in [-0.1, -0.05) is 42.5 Å². The van der Waals surface area contributed by atoms with Crippen LogP contribution < -0.4 is 14.9 Å². The van der Waals surface area contributed by atoms with Crippen molar-refractivity contribution in [3.63, 3.8) is 0 Å². The van der Waals surface area contributed by atoms with Crippen molar-refractivity contribution >= 4 is 33.2 Å². The molecule has 4 rings (SSSR count). The molecule has 0 aromatic heterocycles. The molecule has 0 saturated carbocycles. The standard InChI is InChI=1S/C28H31N3O5S/c1-20-10-8-16-26(21(20)2)31(37(34,35)23-12-4-3-5-13-23)19-27(32)30-25-15-7-6-14-24(25)28(33)29-18-22-11-9-17-36-22/h3-8,10,12-16,22H,9,11,17-19H2,1-2H3,(H,29,33)(H,30,32)/t22-/m1/s1. The number of nitrogens with one attached hydrogen (secondary N) is 2. The number of nitrogens with zero attached hydrogens (tertiary/aromatic N) is 1. The summed E-state index contributed by atoms with van der Waals surface area (Å²) < 4.78 is 34.0. The summed E-state index contributed by atoms with van der Waals surface area (Å²) >= 11 is 0. The minimum absolute atomic E-state index is 0.0139. The van der Waals surface area contributed by atoms with Crippen LogP contribution in [0.1, 0.15) is 34.3 Å². The molecule has 2 amide bonds. The molecule has 0 unspecified atom stereocenters. The third-order valence-electron chi connectivity index (χ3n) is 6.42. The van der Waals surface area contributed by atoms with Gasteiger partial charge < -0.3 is 15.4 Å². The molecule has 0 spiro atoms. The van der Waals surface area contributed by atoms with Crippen molar-refractivity contribution in [1.29, 1.82) is 0 Å². The summed E-state index contributed by atoms with van der Waals surface area (Å²) in [6.07, 6.45) is 1.85. The Balaban J connectivity index is 1.58. The van der Waals surface area contributed by atoms with Crippen molar-refractivity contribution in [2.45, 2.75) is 37.7 Å². The zero-order chi connectivity index (χ0) is 26.4. The number of para-hydroxylation sites is 1. The van der Waals surface area contributed by atoms with Crippen molar-refractivity contribution in [3.05, 3.63) is 89.5 Å². The summed E-state index contributed by atoms with van der Waals surface area (Å²) in [6, 6.07) is 20.0. The Morgan fingerprint density at radius 2 is 1.70 bits per heavy atom. The molecule has 2 N–H and O–H groups in total. The van der Waals surface area contributed by atoms with E-state index in [0.29, 0.717) is 24.5 Å². The summed E-state index contributed by atoms with van der Waals surface area (Å²) in [5, 5.41) is 5.60. The van der Waals surface area contributed by atoms with Crippen LogP contribution >= 0.6 is 0 Å². The van der Waals surface area contributed by atoms with Crippen molar-refractivity contribution in [1.82, 2.24) is 5.32 Å². The molecule has 1 saturated heterocycles. The normalized spacial score (nSPS) is 15.2. The monoisotopic (exact) mass is 521 g/mol. The molecule has 1 heterocycles. The van der Waals surface area contributed by atoms with Crippen molar-refractivity contribution < 1.29 is 22.7 Å².